The van der Waals surface area contributed by atoms with E-state index in [1.807, 2.05) is 29.2 Å². The molecule has 204 valence electrons. The van der Waals surface area contributed by atoms with Crippen LogP contribution in [0.25, 0.3) is 0 Å². The fourth-order valence-corrected chi connectivity index (χ4v) is 6.31. The highest BCUT2D eigenvalue weighted by Crippen LogP contribution is 2.38. The molecule has 0 fully saturated rings. The Balaban J connectivity index is 1.59. The zero-order valence-corrected chi connectivity index (χ0v) is 24.6. The quantitative estimate of drug-likeness (QED) is 0.212. The number of unbranched alkanes of at least 4 members (excludes halogenated alkanes) is 8. The van der Waals surface area contributed by atoms with E-state index >= 15 is 0 Å². The van der Waals surface area contributed by atoms with Crippen molar-refractivity contribution in [1.29, 1.82) is 0 Å². The molecule has 0 radical (unpaired) electrons. The highest BCUT2D eigenvalue weighted by molar-refractivity contribution is 7.10. The van der Waals surface area contributed by atoms with Gasteiger partial charge in [0.1, 0.15) is 0 Å². The summed E-state index contributed by atoms with van der Waals surface area (Å²) in [4.78, 5) is 32.0. The van der Waals surface area contributed by atoms with Crippen LogP contribution in [0.15, 0.2) is 35.7 Å². The summed E-state index contributed by atoms with van der Waals surface area (Å²) in [6.45, 7) is 7.90. The summed E-state index contributed by atoms with van der Waals surface area (Å²) >= 11 is 7.91. The van der Waals surface area contributed by atoms with Crippen LogP contribution in [0, 0.1) is 5.92 Å². The molecular formula is C31H45ClN2O2S. The first-order valence-corrected chi connectivity index (χ1v) is 15.6. The Labute approximate surface area is 233 Å². The van der Waals surface area contributed by atoms with Gasteiger partial charge in [0.05, 0.1) is 12.6 Å². The molecule has 37 heavy (non-hydrogen) atoms. The Morgan fingerprint density at radius 2 is 1.65 bits per heavy atom. The molecule has 0 aliphatic carbocycles. The Bertz CT molecular complexity index is 972. The number of amides is 2. The van der Waals surface area contributed by atoms with E-state index < -0.39 is 0 Å². The van der Waals surface area contributed by atoms with Crippen LogP contribution in [0.3, 0.4) is 0 Å². The maximum absolute atomic E-state index is 13.7. The molecule has 1 unspecified atom stereocenters. The van der Waals surface area contributed by atoms with E-state index in [1.165, 1.54) is 55.4 Å². The van der Waals surface area contributed by atoms with Crippen LogP contribution in [0.1, 0.15) is 107 Å². The van der Waals surface area contributed by atoms with Crippen molar-refractivity contribution in [3.05, 3.63) is 56.7 Å². The predicted molar refractivity (Wildman–Crippen MR) is 156 cm³/mol. The van der Waals surface area contributed by atoms with Crippen molar-refractivity contribution in [2.45, 2.75) is 97.4 Å². The molecular weight excluding hydrogens is 500 g/mol. The average Bonchev–Trinajstić information content (AvgIpc) is 3.36. The number of nitrogens with zero attached hydrogens (tertiary/aromatic N) is 2. The van der Waals surface area contributed by atoms with Crippen LogP contribution in [0.2, 0.25) is 5.02 Å². The lowest BCUT2D eigenvalue weighted by molar-refractivity contribution is -0.142. The molecule has 0 bridgehead atoms. The molecule has 0 spiro atoms. The normalized spacial score (nSPS) is 15.2. The van der Waals surface area contributed by atoms with Gasteiger partial charge in [0.15, 0.2) is 0 Å². The zero-order chi connectivity index (χ0) is 26.6. The van der Waals surface area contributed by atoms with Gasteiger partial charge in [-0.15, -0.1) is 11.3 Å². The van der Waals surface area contributed by atoms with Crippen LogP contribution < -0.4 is 0 Å². The molecule has 3 rings (SSSR count). The standard InChI is InChI=1S/C31H45ClN2O2S/c1-4-5-6-7-8-9-10-11-12-13-29(35)33(22-24(2)3)23-30(36)34-20-18-28-27(19-21-37-28)31(34)25-14-16-26(32)17-15-25/h14-17,19,21,24,31H,4-13,18,20,22-23H2,1-3H3. The number of hydrogen-bond donors (Lipinski definition) is 0. The molecule has 2 amide bonds. The number of hydrogen-bond acceptors (Lipinski definition) is 3. The van der Waals surface area contributed by atoms with Crippen molar-refractivity contribution < 1.29 is 9.59 Å². The van der Waals surface area contributed by atoms with Gasteiger partial charge in [-0.3, -0.25) is 9.59 Å². The van der Waals surface area contributed by atoms with Gasteiger partial charge in [-0.25, -0.2) is 0 Å². The van der Waals surface area contributed by atoms with Crippen molar-refractivity contribution in [2.24, 2.45) is 5.92 Å². The lowest BCUT2D eigenvalue weighted by Gasteiger charge is -2.38. The zero-order valence-electron chi connectivity index (χ0n) is 23.0. The van der Waals surface area contributed by atoms with Crippen molar-refractivity contribution in [3.63, 3.8) is 0 Å². The van der Waals surface area contributed by atoms with Gasteiger partial charge >= 0.3 is 0 Å². The van der Waals surface area contributed by atoms with Gasteiger partial charge in [0.25, 0.3) is 0 Å². The molecule has 1 aliphatic rings. The monoisotopic (exact) mass is 544 g/mol. The van der Waals surface area contributed by atoms with Crippen molar-refractivity contribution in [1.82, 2.24) is 9.80 Å². The second-order valence-corrected chi connectivity index (χ2v) is 12.3. The van der Waals surface area contributed by atoms with Crippen molar-refractivity contribution >= 4 is 34.8 Å². The number of fused-ring (bicyclic) bond motifs is 1. The third-order valence-corrected chi connectivity index (χ3v) is 8.48. The fraction of sp³-hybridized carbons (Fsp3) is 0.613. The van der Waals surface area contributed by atoms with E-state index in [0.29, 0.717) is 30.5 Å². The molecule has 1 aromatic carbocycles. The van der Waals surface area contributed by atoms with E-state index in [1.54, 1.807) is 16.2 Å². The van der Waals surface area contributed by atoms with Gasteiger partial charge in [0, 0.05) is 29.4 Å². The molecule has 2 heterocycles. The second kappa shape index (κ2) is 15.5. The SMILES string of the molecule is CCCCCCCCCCCC(=O)N(CC(=O)N1CCc2sccc2C1c1ccc(Cl)cc1)CC(C)C. The van der Waals surface area contributed by atoms with Crippen LogP contribution in [-0.4, -0.2) is 41.2 Å². The maximum atomic E-state index is 13.7. The van der Waals surface area contributed by atoms with E-state index in [2.05, 4.69) is 32.2 Å². The van der Waals surface area contributed by atoms with E-state index in [9.17, 15) is 9.59 Å². The minimum atomic E-state index is -0.131. The molecule has 6 heteroatoms. The molecule has 1 atom stereocenters. The summed E-state index contributed by atoms with van der Waals surface area (Å²) in [5.74, 6) is 0.455. The van der Waals surface area contributed by atoms with Gasteiger partial charge in [-0.05, 0) is 53.5 Å². The highest BCUT2D eigenvalue weighted by atomic mass is 35.5. The number of benzene rings is 1. The lowest BCUT2D eigenvalue weighted by atomic mass is 9.93. The maximum Gasteiger partial charge on any atom is 0.242 e. The number of halogens is 1. The van der Waals surface area contributed by atoms with Gasteiger partial charge in [-0.1, -0.05) is 95.9 Å². The van der Waals surface area contributed by atoms with Gasteiger partial charge in [0.2, 0.25) is 11.8 Å². The topological polar surface area (TPSA) is 40.6 Å². The van der Waals surface area contributed by atoms with E-state index in [4.69, 9.17) is 11.6 Å². The van der Waals surface area contributed by atoms with Crippen molar-refractivity contribution in [2.75, 3.05) is 19.6 Å². The first-order valence-electron chi connectivity index (χ1n) is 14.3. The highest BCUT2D eigenvalue weighted by Gasteiger charge is 2.34. The van der Waals surface area contributed by atoms with E-state index in [0.717, 1.165) is 24.8 Å². The summed E-state index contributed by atoms with van der Waals surface area (Å²) in [5.41, 5.74) is 2.26. The summed E-state index contributed by atoms with van der Waals surface area (Å²) in [5, 5.41) is 2.80. The second-order valence-electron chi connectivity index (χ2n) is 10.8. The predicted octanol–water partition coefficient (Wildman–Crippen LogP) is 8.28. The number of thiophene rings is 1. The molecule has 1 aliphatic heterocycles. The minimum absolute atomic E-state index is 0.0258. The summed E-state index contributed by atoms with van der Waals surface area (Å²) in [6.07, 6.45) is 12.5. The summed E-state index contributed by atoms with van der Waals surface area (Å²) in [6, 6.07) is 9.81. The molecule has 0 saturated heterocycles. The van der Waals surface area contributed by atoms with Crippen LogP contribution >= 0.6 is 22.9 Å². The Morgan fingerprint density at radius 3 is 2.30 bits per heavy atom. The fourth-order valence-electron chi connectivity index (χ4n) is 5.28. The minimum Gasteiger partial charge on any atom is -0.333 e. The molecule has 0 saturated carbocycles. The van der Waals surface area contributed by atoms with Gasteiger partial charge < -0.3 is 9.80 Å². The number of carbonyl (C=O) groups is 2. The average molecular weight is 545 g/mol. The van der Waals surface area contributed by atoms with Crippen molar-refractivity contribution in [3.8, 4) is 0 Å². The number of rotatable bonds is 15. The molecule has 2 aromatic rings. The lowest BCUT2D eigenvalue weighted by Crippen LogP contribution is -2.47. The Kier molecular flexibility index (Phi) is 12.5. The largest absolute Gasteiger partial charge is 0.333 e. The third kappa shape index (κ3) is 9.14. The molecule has 0 N–H and O–H groups in total. The van der Waals surface area contributed by atoms with Gasteiger partial charge in [-0.2, -0.15) is 0 Å². The van der Waals surface area contributed by atoms with Crippen LogP contribution in [0.4, 0.5) is 0 Å². The third-order valence-electron chi connectivity index (χ3n) is 7.23. The Hall–Kier alpha value is -1.85. The summed E-state index contributed by atoms with van der Waals surface area (Å²) < 4.78 is 0. The molecule has 1 aromatic heterocycles. The van der Waals surface area contributed by atoms with Crippen LogP contribution in [-0.2, 0) is 16.0 Å². The smallest absolute Gasteiger partial charge is 0.242 e. The number of carbonyl (C=O) groups excluding carboxylic acids is 2. The summed E-state index contributed by atoms with van der Waals surface area (Å²) in [7, 11) is 0. The first kappa shape index (κ1) is 29.7. The Morgan fingerprint density at radius 1 is 1.00 bits per heavy atom. The van der Waals surface area contributed by atoms with E-state index in [-0.39, 0.29) is 24.4 Å². The van der Waals surface area contributed by atoms with Crippen LogP contribution in [0.5, 0.6) is 0 Å². The molecule has 4 nitrogen and oxygen atoms in total. The first-order chi connectivity index (χ1) is 17.9.